The number of rotatable bonds is 26. The zero-order chi connectivity index (χ0) is 48.5. The van der Waals surface area contributed by atoms with Crippen molar-refractivity contribution in [2.24, 2.45) is 22.9 Å². The van der Waals surface area contributed by atoms with E-state index in [2.05, 4.69) is 36.9 Å². The summed E-state index contributed by atoms with van der Waals surface area (Å²) in [6.07, 6.45) is -2.52. The Balaban J connectivity index is 1.98. The number of carbonyl (C=O) groups excluding carboxylic acids is 9. The number of carboxylic acid groups (broad SMARTS) is 1. The van der Waals surface area contributed by atoms with Gasteiger partial charge < -0.3 is 75.1 Å². The molecule has 0 bridgehead atoms. The summed E-state index contributed by atoms with van der Waals surface area (Å²) in [5, 5.41) is 44.7. The van der Waals surface area contributed by atoms with Gasteiger partial charge in [-0.3, -0.25) is 43.2 Å². The summed E-state index contributed by atoms with van der Waals surface area (Å²) < 4.78 is 0. The number of primary amides is 3. The van der Waals surface area contributed by atoms with Crippen LogP contribution in [0.15, 0.2) is 54.7 Å². The number of aliphatic carboxylic acids is 1. The van der Waals surface area contributed by atoms with Gasteiger partial charge in [0.25, 0.3) is 0 Å². The Morgan fingerprint density at radius 3 is 1.74 bits per heavy atom. The number of H-pyrrole nitrogens is 1. The molecule has 8 atom stereocenters. The number of nitrogens with two attached hydrogens (primary N) is 4. The average Bonchev–Trinajstić information content (AvgIpc) is 3.64. The molecule has 9 amide bonds. The molecule has 0 aliphatic heterocycles. The van der Waals surface area contributed by atoms with Gasteiger partial charge in [-0.05, 0) is 56.0 Å². The van der Waals surface area contributed by atoms with Crippen LogP contribution in [-0.2, 0) is 60.8 Å². The third-order valence-corrected chi connectivity index (χ3v) is 9.93. The fourth-order valence-electron chi connectivity index (χ4n) is 6.34. The maximum atomic E-state index is 14.4. The van der Waals surface area contributed by atoms with E-state index in [0.717, 1.165) is 0 Å². The third-order valence-electron chi connectivity index (χ3n) is 9.93. The van der Waals surface area contributed by atoms with E-state index < -0.39 is 127 Å². The van der Waals surface area contributed by atoms with Gasteiger partial charge in [0.05, 0.1) is 18.6 Å². The number of carbonyl (C=O) groups is 10. The van der Waals surface area contributed by atoms with Gasteiger partial charge in [0.15, 0.2) is 0 Å². The van der Waals surface area contributed by atoms with Crippen LogP contribution >= 0.6 is 0 Å². The molecule has 24 nitrogen and oxygen atoms in total. The molecule has 0 saturated carbocycles. The zero-order valence-corrected chi connectivity index (χ0v) is 35.5. The Kier molecular flexibility index (Phi) is 19.3. The van der Waals surface area contributed by atoms with Crippen LogP contribution in [0, 0.1) is 0 Å². The molecule has 0 aliphatic rings. The molecule has 1 aromatic heterocycles. The van der Waals surface area contributed by atoms with Gasteiger partial charge in [-0.2, -0.15) is 0 Å². The highest BCUT2D eigenvalue weighted by Crippen LogP contribution is 2.20. The van der Waals surface area contributed by atoms with Gasteiger partial charge in [-0.15, -0.1) is 0 Å². The van der Waals surface area contributed by atoms with Crippen LogP contribution in [0.25, 0.3) is 10.9 Å². The molecule has 3 rings (SSSR count). The Bertz CT molecular complexity index is 2230. The predicted molar refractivity (Wildman–Crippen MR) is 229 cm³/mol. The highest BCUT2D eigenvalue weighted by Gasteiger charge is 2.35. The van der Waals surface area contributed by atoms with Gasteiger partial charge in [0, 0.05) is 42.8 Å². The quantitative estimate of drug-likeness (QED) is 0.0363. The number of hydrogen-bond donors (Lipinski definition) is 14. The standard InChI is InChI=1S/C41H55N11O13/c1-19(35(58)51-30(41(64)65)17-33(45)57)47-37(60)27(12-14-32(44)56)48-39(62)29(16-22-18-46-26-6-4-3-5-24(22)26)49-38(61)28(15-21-7-9-23(54)10-8-21)50-40(63)34(20(2)53)52-36(59)25(42)11-13-31(43)55/h3-10,18-20,25,27-30,34,46,53-54H,11-17,42H2,1-2H3,(H2,43,55)(H2,44,56)(H2,45,57)(H,47,60)(H,48,62)(H,49,61)(H,50,63)(H,51,58)(H,52,59)(H,64,65)/t19-,20+,25-,27-,28-,29-,30-,34-/m0/s1. The first-order chi connectivity index (χ1) is 30.6. The summed E-state index contributed by atoms with van der Waals surface area (Å²) >= 11 is 0. The minimum atomic E-state index is -1.73. The molecule has 0 spiro atoms. The number of fused-ring (bicyclic) bond motifs is 1. The molecule has 0 radical (unpaired) electrons. The lowest BCUT2D eigenvalue weighted by molar-refractivity contribution is -0.143. The molecule has 0 saturated heterocycles. The van der Waals surface area contributed by atoms with Crippen LogP contribution in [-0.4, -0.2) is 128 Å². The van der Waals surface area contributed by atoms with E-state index in [-0.39, 0.29) is 31.4 Å². The lowest BCUT2D eigenvalue weighted by atomic mass is 10.0. The number of hydrogen-bond acceptors (Lipinski definition) is 13. The minimum absolute atomic E-state index is 0.115. The van der Waals surface area contributed by atoms with Crippen molar-refractivity contribution in [3.8, 4) is 5.75 Å². The van der Waals surface area contributed by atoms with E-state index in [9.17, 15) is 63.3 Å². The van der Waals surface area contributed by atoms with Gasteiger partial charge in [-0.1, -0.05) is 30.3 Å². The van der Waals surface area contributed by atoms with E-state index in [4.69, 9.17) is 22.9 Å². The van der Waals surface area contributed by atoms with Crippen LogP contribution in [0.4, 0.5) is 0 Å². The first-order valence-corrected chi connectivity index (χ1v) is 20.2. The van der Waals surface area contributed by atoms with E-state index in [0.29, 0.717) is 22.0 Å². The van der Waals surface area contributed by atoms with Crippen molar-refractivity contribution in [2.75, 3.05) is 0 Å². The number of aromatic hydroxyl groups is 1. The van der Waals surface area contributed by atoms with Crippen LogP contribution in [0.2, 0.25) is 0 Å². The first-order valence-electron chi connectivity index (χ1n) is 20.2. The maximum absolute atomic E-state index is 14.4. The molecule has 0 aliphatic carbocycles. The molecule has 2 aromatic carbocycles. The number of para-hydroxylation sites is 1. The maximum Gasteiger partial charge on any atom is 0.326 e. The fraction of sp³-hybridized carbons (Fsp3) is 0.415. The van der Waals surface area contributed by atoms with Crippen molar-refractivity contribution in [3.05, 3.63) is 65.9 Å². The van der Waals surface area contributed by atoms with Crippen LogP contribution in [0.3, 0.4) is 0 Å². The largest absolute Gasteiger partial charge is 0.508 e. The molecule has 65 heavy (non-hydrogen) atoms. The number of aliphatic hydroxyl groups excluding tert-OH is 1. The van der Waals surface area contributed by atoms with Crippen LogP contribution < -0.4 is 54.8 Å². The molecule has 0 unspecified atom stereocenters. The number of nitrogens with one attached hydrogen (secondary N) is 7. The molecule has 1 heterocycles. The number of phenolic OH excluding ortho intramolecular Hbond substituents is 1. The summed E-state index contributed by atoms with van der Waals surface area (Å²) in [7, 11) is 0. The third kappa shape index (κ3) is 16.6. The summed E-state index contributed by atoms with van der Waals surface area (Å²) in [6, 6.07) is 1.65. The Morgan fingerprint density at radius 2 is 1.15 bits per heavy atom. The molecule has 18 N–H and O–H groups in total. The summed E-state index contributed by atoms with van der Waals surface area (Å²) in [5.74, 6) is -10.3. The molecule has 3 aromatic rings. The number of benzene rings is 2. The summed E-state index contributed by atoms with van der Waals surface area (Å²) in [6.45, 7) is 2.36. The van der Waals surface area contributed by atoms with Gasteiger partial charge in [0.2, 0.25) is 53.2 Å². The van der Waals surface area contributed by atoms with Gasteiger partial charge in [0.1, 0.15) is 42.0 Å². The number of aliphatic hydroxyl groups is 1. The highest BCUT2D eigenvalue weighted by atomic mass is 16.4. The van der Waals surface area contributed by atoms with Crippen molar-refractivity contribution in [1.82, 2.24) is 36.9 Å². The topological polar surface area (TPSA) is 423 Å². The predicted octanol–water partition coefficient (Wildman–Crippen LogP) is -4.21. The number of aromatic amines is 1. The summed E-state index contributed by atoms with van der Waals surface area (Å²) in [4.78, 5) is 131. The Labute approximate surface area is 371 Å². The van der Waals surface area contributed by atoms with Crippen LogP contribution in [0.1, 0.15) is 57.1 Å². The summed E-state index contributed by atoms with van der Waals surface area (Å²) in [5.41, 5.74) is 23.0. The van der Waals surface area contributed by atoms with Crippen molar-refractivity contribution in [1.29, 1.82) is 0 Å². The fourth-order valence-corrected chi connectivity index (χ4v) is 6.34. The van der Waals surface area contributed by atoms with E-state index in [1.54, 1.807) is 30.5 Å². The average molecular weight is 910 g/mol. The number of carboxylic acids is 1. The second kappa shape index (κ2) is 24.3. The van der Waals surface area contributed by atoms with Gasteiger partial charge in [-0.25, -0.2) is 4.79 Å². The minimum Gasteiger partial charge on any atom is -0.508 e. The SMILES string of the molecule is C[C@H](NC(=O)[C@H](CCC(N)=O)NC(=O)[C@H](Cc1c[nH]c2ccccc12)NC(=O)[C@H](Cc1ccc(O)cc1)NC(=O)[C@@H](NC(=O)[C@@H](N)CCC(N)=O)[C@@H](C)O)C(=O)N[C@@H](CC(N)=O)C(=O)O. The first kappa shape index (κ1) is 51.7. The van der Waals surface area contributed by atoms with E-state index in [1.165, 1.54) is 38.1 Å². The molecule has 0 fully saturated rings. The lowest BCUT2D eigenvalue weighted by Gasteiger charge is -2.28. The van der Waals surface area contributed by atoms with Crippen molar-refractivity contribution in [2.45, 2.75) is 107 Å². The normalized spacial score (nSPS) is 14.7. The second-order valence-corrected chi connectivity index (χ2v) is 15.3. The van der Waals surface area contributed by atoms with E-state index >= 15 is 0 Å². The highest BCUT2D eigenvalue weighted by molar-refractivity contribution is 5.98. The number of aromatic nitrogens is 1. The van der Waals surface area contributed by atoms with Crippen molar-refractivity contribution >= 4 is 70.0 Å². The smallest absolute Gasteiger partial charge is 0.326 e. The van der Waals surface area contributed by atoms with Crippen LogP contribution in [0.5, 0.6) is 5.75 Å². The molecular weight excluding hydrogens is 855 g/mol. The number of amides is 9. The van der Waals surface area contributed by atoms with Crippen molar-refractivity contribution < 1.29 is 63.3 Å². The molecular formula is C41H55N11O13. The van der Waals surface area contributed by atoms with Gasteiger partial charge >= 0.3 is 5.97 Å². The van der Waals surface area contributed by atoms with E-state index in [1.807, 2.05) is 0 Å². The zero-order valence-electron chi connectivity index (χ0n) is 35.5. The molecule has 352 valence electrons. The van der Waals surface area contributed by atoms with Crippen molar-refractivity contribution in [3.63, 3.8) is 0 Å². The Hall–Kier alpha value is -7.60. The Morgan fingerprint density at radius 1 is 0.615 bits per heavy atom. The second-order valence-electron chi connectivity index (χ2n) is 15.3. The lowest BCUT2D eigenvalue weighted by Crippen LogP contribution is -2.61. The molecule has 24 heteroatoms. The monoisotopic (exact) mass is 909 g/mol. The number of phenols is 1.